The fourth-order valence-electron chi connectivity index (χ4n) is 1.60. The largest absolute Gasteiger partial charge is 0.480 e. The molecule has 0 atom stereocenters. The minimum Gasteiger partial charge on any atom is -0.480 e. The van der Waals surface area contributed by atoms with Crippen molar-refractivity contribution in [2.45, 2.75) is 0 Å². The molecule has 1 aromatic heterocycles. The third kappa shape index (κ3) is 3.10. The Kier molecular flexibility index (Phi) is 3.94. The Bertz CT molecular complexity index is 611. The zero-order valence-electron chi connectivity index (χ0n) is 10.7. The SMILES string of the molecule is Cn1ncnc1NC(=O)N(CC(=O)O)c1ccccc1. The Balaban J connectivity index is 2.21. The van der Waals surface area contributed by atoms with Crippen LogP contribution in [-0.4, -0.2) is 38.4 Å². The maximum absolute atomic E-state index is 12.2. The number of amides is 2. The number of aromatic nitrogens is 3. The predicted molar refractivity (Wildman–Crippen MR) is 71.4 cm³/mol. The lowest BCUT2D eigenvalue weighted by molar-refractivity contribution is -0.135. The van der Waals surface area contributed by atoms with Crippen LogP contribution in [0.3, 0.4) is 0 Å². The van der Waals surface area contributed by atoms with Crippen molar-refractivity contribution in [3.05, 3.63) is 36.7 Å². The molecule has 0 saturated heterocycles. The van der Waals surface area contributed by atoms with Crippen molar-refractivity contribution in [3.63, 3.8) is 0 Å². The summed E-state index contributed by atoms with van der Waals surface area (Å²) in [6, 6.07) is 7.94. The predicted octanol–water partition coefficient (Wildman–Crippen LogP) is 0.938. The molecule has 0 radical (unpaired) electrons. The van der Waals surface area contributed by atoms with Gasteiger partial charge < -0.3 is 5.11 Å². The van der Waals surface area contributed by atoms with Crippen LogP contribution in [0, 0.1) is 0 Å². The van der Waals surface area contributed by atoms with Crippen molar-refractivity contribution in [2.75, 3.05) is 16.8 Å². The molecule has 2 aromatic rings. The van der Waals surface area contributed by atoms with Crippen molar-refractivity contribution in [2.24, 2.45) is 7.05 Å². The highest BCUT2D eigenvalue weighted by atomic mass is 16.4. The summed E-state index contributed by atoms with van der Waals surface area (Å²) in [7, 11) is 1.62. The highest BCUT2D eigenvalue weighted by Crippen LogP contribution is 2.14. The fourth-order valence-corrected chi connectivity index (χ4v) is 1.60. The normalized spacial score (nSPS) is 10.1. The molecule has 0 bridgehead atoms. The Labute approximate surface area is 114 Å². The molecule has 0 aliphatic heterocycles. The maximum Gasteiger partial charge on any atom is 0.329 e. The van der Waals surface area contributed by atoms with Gasteiger partial charge in [-0.25, -0.2) is 9.48 Å². The van der Waals surface area contributed by atoms with Crippen LogP contribution >= 0.6 is 0 Å². The standard InChI is InChI=1S/C12H13N5O3/c1-16-11(13-8-14-16)15-12(20)17(7-10(18)19)9-5-3-2-4-6-9/h2-6,8H,7H2,1H3,(H,18,19)(H,13,14,15,20). The number of carbonyl (C=O) groups excluding carboxylic acids is 1. The first-order valence-corrected chi connectivity index (χ1v) is 5.77. The van der Waals surface area contributed by atoms with Crippen LogP contribution in [0.2, 0.25) is 0 Å². The number of anilines is 2. The summed E-state index contributed by atoms with van der Waals surface area (Å²) in [5.74, 6) is -0.872. The van der Waals surface area contributed by atoms with Gasteiger partial charge in [0, 0.05) is 12.7 Å². The summed E-state index contributed by atoms with van der Waals surface area (Å²) >= 11 is 0. The number of aliphatic carboxylic acids is 1. The van der Waals surface area contributed by atoms with Gasteiger partial charge in [-0.1, -0.05) is 18.2 Å². The number of carboxylic acids is 1. The third-order valence-electron chi connectivity index (χ3n) is 2.54. The number of aryl methyl sites for hydroxylation is 1. The van der Waals surface area contributed by atoms with E-state index in [0.717, 1.165) is 4.90 Å². The van der Waals surface area contributed by atoms with E-state index in [1.165, 1.54) is 11.0 Å². The molecule has 2 amide bonds. The summed E-state index contributed by atoms with van der Waals surface area (Å²) < 4.78 is 1.38. The highest BCUT2D eigenvalue weighted by molar-refractivity contribution is 6.03. The molecule has 1 heterocycles. The fraction of sp³-hybridized carbons (Fsp3) is 0.167. The molecule has 8 heteroatoms. The van der Waals surface area contributed by atoms with E-state index in [9.17, 15) is 9.59 Å². The van der Waals surface area contributed by atoms with Gasteiger partial charge in [-0.15, -0.1) is 0 Å². The van der Waals surface area contributed by atoms with Gasteiger partial charge in [-0.3, -0.25) is 15.0 Å². The minimum atomic E-state index is -1.11. The number of nitrogens with zero attached hydrogens (tertiary/aromatic N) is 4. The molecular weight excluding hydrogens is 262 g/mol. The van der Waals surface area contributed by atoms with Gasteiger partial charge in [0.15, 0.2) is 0 Å². The number of carboxylic acid groups (broad SMARTS) is 1. The van der Waals surface area contributed by atoms with Gasteiger partial charge in [0.25, 0.3) is 0 Å². The van der Waals surface area contributed by atoms with Crippen LogP contribution in [0.15, 0.2) is 36.7 Å². The highest BCUT2D eigenvalue weighted by Gasteiger charge is 2.20. The van der Waals surface area contributed by atoms with E-state index in [-0.39, 0.29) is 5.95 Å². The van der Waals surface area contributed by atoms with Gasteiger partial charge in [-0.2, -0.15) is 10.1 Å². The lowest BCUT2D eigenvalue weighted by Gasteiger charge is -2.20. The zero-order valence-corrected chi connectivity index (χ0v) is 10.7. The van der Waals surface area contributed by atoms with E-state index in [2.05, 4.69) is 15.4 Å². The van der Waals surface area contributed by atoms with Crippen LogP contribution in [0.25, 0.3) is 0 Å². The topological polar surface area (TPSA) is 100 Å². The van der Waals surface area contributed by atoms with Gasteiger partial charge in [0.05, 0.1) is 0 Å². The van der Waals surface area contributed by atoms with Crippen LogP contribution in [0.1, 0.15) is 0 Å². The molecule has 0 unspecified atom stereocenters. The van der Waals surface area contributed by atoms with Crippen molar-refractivity contribution in [1.29, 1.82) is 0 Å². The van der Waals surface area contributed by atoms with Crippen LogP contribution in [0.4, 0.5) is 16.4 Å². The maximum atomic E-state index is 12.2. The Morgan fingerprint density at radius 3 is 2.60 bits per heavy atom. The van der Waals surface area contributed by atoms with Crippen molar-refractivity contribution in [1.82, 2.24) is 14.8 Å². The van der Waals surface area contributed by atoms with Crippen LogP contribution in [0.5, 0.6) is 0 Å². The second-order valence-corrected chi connectivity index (χ2v) is 3.95. The molecule has 104 valence electrons. The van der Waals surface area contributed by atoms with E-state index in [0.29, 0.717) is 5.69 Å². The second kappa shape index (κ2) is 5.83. The van der Waals surface area contributed by atoms with Gasteiger partial charge in [0.2, 0.25) is 5.95 Å². The van der Waals surface area contributed by atoms with E-state index in [1.807, 2.05) is 0 Å². The van der Waals surface area contributed by atoms with Crippen LogP contribution in [-0.2, 0) is 11.8 Å². The average molecular weight is 275 g/mol. The molecule has 0 fully saturated rings. The number of urea groups is 1. The number of nitrogens with one attached hydrogen (secondary N) is 1. The first-order chi connectivity index (χ1) is 9.58. The molecule has 0 saturated carbocycles. The summed E-state index contributed by atoms with van der Waals surface area (Å²) in [5.41, 5.74) is 0.481. The Hall–Kier alpha value is -2.90. The molecule has 0 spiro atoms. The average Bonchev–Trinajstić information content (AvgIpc) is 2.82. The summed E-state index contributed by atoms with van der Waals surface area (Å²) in [4.78, 5) is 28.0. The molecule has 0 aliphatic rings. The number of rotatable bonds is 4. The zero-order chi connectivity index (χ0) is 14.5. The van der Waals surface area contributed by atoms with Crippen molar-refractivity contribution in [3.8, 4) is 0 Å². The number of carbonyl (C=O) groups is 2. The number of hydrogen-bond acceptors (Lipinski definition) is 4. The molecule has 1 aromatic carbocycles. The Morgan fingerprint density at radius 1 is 1.35 bits per heavy atom. The first-order valence-electron chi connectivity index (χ1n) is 5.77. The number of benzene rings is 1. The number of para-hydroxylation sites is 1. The summed E-state index contributed by atoms with van der Waals surface area (Å²) in [6.45, 7) is -0.451. The molecule has 0 aliphatic carbocycles. The molecular formula is C12H13N5O3. The van der Waals surface area contributed by atoms with Gasteiger partial charge >= 0.3 is 12.0 Å². The second-order valence-electron chi connectivity index (χ2n) is 3.95. The lowest BCUT2D eigenvalue weighted by atomic mass is 10.3. The third-order valence-corrected chi connectivity index (χ3v) is 2.54. The van der Waals surface area contributed by atoms with E-state index in [4.69, 9.17) is 5.11 Å². The number of hydrogen-bond donors (Lipinski definition) is 2. The molecule has 8 nitrogen and oxygen atoms in total. The molecule has 2 N–H and O–H groups in total. The quantitative estimate of drug-likeness (QED) is 0.864. The van der Waals surface area contributed by atoms with Gasteiger partial charge in [-0.05, 0) is 12.1 Å². The smallest absolute Gasteiger partial charge is 0.329 e. The first kappa shape index (κ1) is 13.5. The van der Waals surface area contributed by atoms with E-state index < -0.39 is 18.5 Å². The summed E-state index contributed by atoms with van der Waals surface area (Å²) in [6.07, 6.45) is 1.29. The minimum absolute atomic E-state index is 0.237. The lowest BCUT2D eigenvalue weighted by Crippen LogP contribution is -2.39. The van der Waals surface area contributed by atoms with Crippen LogP contribution < -0.4 is 10.2 Å². The van der Waals surface area contributed by atoms with Gasteiger partial charge in [0.1, 0.15) is 12.9 Å². The van der Waals surface area contributed by atoms with Crippen molar-refractivity contribution < 1.29 is 14.7 Å². The van der Waals surface area contributed by atoms with E-state index >= 15 is 0 Å². The molecule has 2 rings (SSSR count). The monoisotopic (exact) mass is 275 g/mol. The van der Waals surface area contributed by atoms with Crippen molar-refractivity contribution >= 4 is 23.6 Å². The Morgan fingerprint density at radius 2 is 2.05 bits per heavy atom. The summed E-state index contributed by atoms with van der Waals surface area (Å²) in [5, 5.41) is 15.2. The van der Waals surface area contributed by atoms with E-state index in [1.54, 1.807) is 37.4 Å². The molecule has 20 heavy (non-hydrogen) atoms.